The molecule has 0 aromatic heterocycles. The van der Waals surface area contributed by atoms with Gasteiger partial charge in [-0.2, -0.15) is 0 Å². The molecule has 6 atom stereocenters. The highest BCUT2D eigenvalue weighted by atomic mass is 16.5. The summed E-state index contributed by atoms with van der Waals surface area (Å²) in [7, 11) is 1.35. The lowest BCUT2D eigenvalue weighted by Gasteiger charge is -2.38. The molecule has 2 aliphatic rings. The van der Waals surface area contributed by atoms with Crippen molar-refractivity contribution >= 4 is 11.9 Å². The van der Waals surface area contributed by atoms with Gasteiger partial charge in [-0.15, -0.1) is 0 Å². The van der Waals surface area contributed by atoms with E-state index in [9.17, 15) is 14.7 Å². The summed E-state index contributed by atoms with van der Waals surface area (Å²) in [5.74, 6) is 1.10. The molecular formula is C19H34N2O4. The van der Waals surface area contributed by atoms with Crippen LogP contribution in [0, 0.1) is 23.2 Å². The van der Waals surface area contributed by atoms with Crippen LogP contribution in [0.1, 0.15) is 52.9 Å². The highest BCUT2D eigenvalue weighted by Gasteiger charge is 2.52. The fraction of sp³-hybridized carbons (Fsp3) is 0.895. The van der Waals surface area contributed by atoms with Crippen molar-refractivity contribution in [2.24, 2.45) is 23.2 Å². The van der Waals surface area contributed by atoms with Crippen LogP contribution in [-0.2, 0) is 14.3 Å². The number of methoxy groups -OCH3 is 1. The topological polar surface area (TPSA) is 87.7 Å². The van der Waals surface area contributed by atoms with Gasteiger partial charge in [0, 0.05) is 19.2 Å². The number of rotatable bonds is 9. The van der Waals surface area contributed by atoms with E-state index in [-0.39, 0.29) is 36.4 Å². The standard InChI is InChI=1S/C19H34N2O4/c1-5-12(2)21-18(24)16(8-17(23)25-4)20-11-19(3)9-13-6-15(19)7-14(13)10-22/h12-16,20,22H,5-11H2,1-4H3,(H,21,24). The van der Waals surface area contributed by atoms with Crippen LogP contribution in [0.15, 0.2) is 0 Å². The molecule has 6 unspecified atom stereocenters. The molecule has 25 heavy (non-hydrogen) atoms. The average Bonchev–Trinajstić information content (AvgIpc) is 3.14. The first-order chi connectivity index (χ1) is 11.8. The minimum absolute atomic E-state index is 0.0439. The third kappa shape index (κ3) is 4.73. The molecule has 2 saturated carbocycles. The molecule has 0 heterocycles. The Hall–Kier alpha value is -1.14. The lowest BCUT2D eigenvalue weighted by atomic mass is 9.71. The second-order valence-electron chi connectivity index (χ2n) is 8.26. The van der Waals surface area contributed by atoms with E-state index in [4.69, 9.17) is 4.74 Å². The Balaban J connectivity index is 1.95. The normalized spacial score (nSPS) is 33.1. The summed E-state index contributed by atoms with van der Waals surface area (Å²) in [6, 6.07) is -0.483. The average molecular weight is 354 g/mol. The van der Waals surface area contributed by atoms with E-state index in [0.29, 0.717) is 24.3 Å². The number of carbonyl (C=O) groups is 2. The molecule has 144 valence electrons. The molecular weight excluding hydrogens is 320 g/mol. The van der Waals surface area contributed by atoms with Gasteiger partial charge in [-0.05, 0) is 55.8 Å². The fourth-order valence-corrected chi connectivity index (χ4v) is 4.55. The lowest BCUT2D eigenvalue weighted by molar-refractivity contribution is -0.143. The van der Waals surface area contributed by atoms with Gasteiger partial charge in [-0.25, -0.2) is 0 Å². The first-order valence-corrected chi connectivity index (χ1v) is 9.54. The minimum Gasteiger partial charge on any atom is -0.469 e. The van der Waals surface area contributed by atoms with Crippen molar-refractivity contribution in [3.63, 3.8) is 0 Å². The van der Waals surface area contributed by atoms with E-state index in [1.54, 1.807) is 0 Å². The van der Waals surface area contributed by atoms with Crippen LogP contribution in [0.2, 0.25) is 0 Å². The Bertz CT molecular complexity index is 484. The van der Waals surface area contributed by atoms with Crippen LogP contribution < -0.4 is 10.6 Å². The highest BCUT2D eigenvalue weighted by molar-refractivity contribution is 5.86. The largest absolute Gasteiger partial charge is 0.469 e. The summed E-state index contributed by atoms with van der Waals surface area (Å²) < 4.78 is 4.75. The Morgan fingerprint density at radius 2 is 2.08 bits per heavy atom. The lowest BCUT2D eigenvalue weighted by Crippen LogP contribution is -2.51. The van der Waals surface area contributed by atoms with Gasteiger partial charge in [-0.1, -0.05) is 13.8 Å². The zero-order chi connectivity index (χ0) is 18.6. The van der Waals surface area contributed by atoms with Gasteiger partial charge in [0.25, 0.3) is 0 Å². The number of aliphatic hydroxyl groups is 1. The van der Waals surface area contributed by atoms with Gasteiger partial charge in [0.1, 0.15) is 0 Å². The number of hydrogen-bond acceptors (Lipinski definition) is 5. The van der Waals surface area contributed by atoms with Crippen LogP contribution in [-0.4, -0.2) is 49.3 Å². The smallest absolute Gasteiger partial charge is 0.307 e. The number of amides is 1. The summed E-state index contributed by atoms with van der Waals surface area (Å²) in [5.41, 5.74) is 0.126. The van der Waals surface area contributed by atoms with E-state index >= 15 is 0 Å². The highest BCUT2D eigenvalue weighted by Crippen LogP contribution is 2.57. The first kappa shape index (κ1) is 20.2. The third-order valence-corrected chi connectivity index (χ3v) is 6.46. The predicted octanol–water partition coefficient (Wildman–Crippen LogP) is 1.47. The third-order valence-electron chi connectivity index (χ3n) is 6.46. The van der Waals surface area contributed by atoms with Crippen molar-refractivity contribution in [3.05, 3.63) is 0 Å². The molecule has 2 bridgehead atoms. The van der Waals surface area contributed by atoms with Crippen molar-refractivity contribution in [1.82, 2.24) is 10.6 Å². The molecule has 6 heteroatoms. The monoisotopic (exact) mass is 354 g/mol. The molecule has 6 nitrogen and oxygen atoms in total. The Labute approximate surface area is 151 Å². The zero-order valence-electron chi connectivity index (χ0n) is 16.0. The maximum Gasteiger partial charge on any atom is 0.307 e. The molecule has 0 radical (unpaired) electrons. The molecule has 2 rings (SSSR count). The van der Waals surface area contributed by atoms with Gasteiger partial charge in [0.15, 0.2) is 0 Å². The van der Waals surface area contributed by atoms with Gasteiger partial charge in [0.2, 0.25) is 5.91 Å². The van der Waals surface area contributed by atoms with Crippen LogP contribution in [0.3, 0.4) is 0 Å². The maximum atomic E-state index is 12.5. The van der Waals surface area contributed by atoms with Crippen molar-refractivity contribution < 1.29 is 19.4 Å². The summed E-state index contributed by atoms with van der Waals surface area (Å²) in [5, 5.41) is 15.8. The zero-order valence-corrected chi connectivity index (χ0v) is 16.0. The molecule has 0 aromatic carbocycles. The fourth-order valence-electron chi connectivity index (χ4n) is 4.55. The number of ether oxygens (including phenoxy) is 1. The Kier molecular flexibility index (Phi) is 6.86. The van der Waals surface area contributed by atoms with Crippen molar-refractivity contribution in [2.75, 3.05) is 20.3 Å². The second kappa shape index (κ2) is 8.49. The van der Waals surface area contributed by atoms with Crippen molar-refractivity contribution in [2.45, 2.75) is 65.0 Å². The predicted molar refractivity (Wildman–Crippen MR) is 95.8 cm³/mol. The molecule has 0 aromatic rings. The number of esters is 1. The first-order valence-electron chi connectivity index (χ1n) is 9.54. The van der Waals surface area contributed by atoms with Crippen LogP contribution in [0.25, 0.3) is 0 Å². The number of hydrogen-bond donors (Lipinski definition) is 3. The van der Waals surface area contributed by atoms with Crippen LogP contribution in [0.4, 0.5) is 0 Å². The summed E-state index contributed by atoms with van der Waals surface area (Å²) >= 11 is 0. The van der Waals surface area contributed by atoms with Gasteiger partial charge in [0.05, 0.1) is 19.6 Å². The SMILES string of the molecule is CCC(C)NC(=O)C(CC(=O)OC)NCC1(C)CC2CC1CC2CO. The molecule has 1 amide bonds. The quantitative estimate of drug-likeness (QED) is 0.546. The van der Waals surface area contributed by atoms with Gasteiger partial charge < -0.3 is 20.5 Å². The van der Waals surface area contributed by atoms with Crippen molar-refractivity contribution in [1.29, 1.82) is 0 Å². The van der Waals surface area contributed by atoms with Crippen molar-refractivity contribution in [3.8, 4) is 0 Å². The van der Waals surface area contributed by atoms with E-state index < -0.39 is 6.04 Å². The van der Waals surface area contributed by atoms with Gasteiger partial charge in [-0.3, -0.25) is 9.59 Å². The van der Waals surface area contributed by atoms with Gasteiger partial charge >= 0.3 is 5.97 Å². The Morgan fingerprint density at radius 1 is 1.36 bits per heavy atom. The van der Waals surface area contributed by atoms with E-state index in [1.165, 1.54) is 13.5 Å². The summed E-state index contributed by atoms with van der Waals surface area (Å²) in [6.45, 7) is 7.23. The molecule has 0 spiro atoms. The molecule has 3 N–H and O–H groups in total. The summed E-state index contributed by atoms with van der Waals surface area (Å²) in [6.07, 6.45) is 4.21. The molecule has 0 aliphatic heterocycles. The van der Waals surface area contributed by atoms with E-state index in [1.807, 2.05) is 13.8 Å². The second-order valence-corrected chi connectivity index (χ2v) is 8.26. The van der Waals surface area contributed by atoms with E-state index in [0.717, 1.165) is 19.3 Å². The number of nitrogens with one attached hydrogen (secondary N) is 2. The Morgan fingerprint density at radius 3 is 2.60 bits per heavy atom. The van der Waals surface area contributed by atoms with Crippen LogP contribution in [0.5, 0.6) is 0 Å². The summed E-state index contributed by atoms with van der Waals surface area (Å²) in [4.78, 5) is 24.2. The molecule has 2 fully saturated rings. The molecule has 2 aliphatic carbocycles. The molecule has 0 saturated heterocycles. The number of aliphatic hydroxyl groups excluding tert-OH is 1. The van der Waals surface area contributed by atoms with Crippen LogP contribution >= 0.6 is 0 Å². The maximum absolute atomic E-state index is 12.5. The number of fused-ring (bicyclic) bond motifs is 2. The minimum atomic E-state index is -0.564. The van der Waals surface area contributed by atoms with E-state index in [2.05, 4.69) is 17.6 Å². The number of carbonyl (C=O) groups excluding carboxylic acids is 2.